The first kappa shape index (κ1) is 19.3. The quantitative estimate of drug-likeness (QED) is 0.394. The molecule has 10 nitrogen and oxygen atoms in total. The lowest BCUT2D eigenvalue weighted by Gasteiger charge is -2.26. The van der Waals surface area contributed by atoms with Crippen molar-refractivity contribution in [1.29, 1.82) is 0 Å². The van der Waals surface area contributed by atoms with Crippen LogP contribution in [0.1, 0.15) is 36.6 Å². The van der Waals surface area contributed by atoms with Gasteiger partial charge in [-0.2, -0.15) is 5.10 Å². The van der Waals surface area contributed by atoms with Gasteiger partial charge >= 0.3 is 11.7 Å². The van der Waals surface area contributed by atoms with Crippen LogP contribution in [0.15, 0.2) is 30.7 Å². The number of aromatic nitrogens is 4. The second-order valence-electron chi connectivity index (χ2n) is 6.66. The average molecular weight is 410 g/mol. The number of hydrogen-bond donors (Lipinski definition) is 1. The van der Waals surface area contributed by atoms with E-state index in [0.717, 1.165) is 18.8 Å². The number of hydrogen-bond acceptors (Lipinski definition) is 7. The Balaban J connectivity index is 1.74. The molecule has 4 heterocycles. The molecule has 30 heavy (non-hydrogen) atoms. The standard InChI is InChI=1S/C19H15FN6O4/c20-12-9-13(14(21-10-12)3-1-5-18(27)28)15-4-2-7-24(15)17-6-8-25-19(23-17)16(11-22-25)26(29)30/h6,8-11,15H,2,4-5,7H2,(H,27,28). The Morgan fingerprint density at radius 3 is 3.03 bits per heavy atom. The molecule has 0 saturated carbocycles. The molecule has 0 spiro atoms. The minimum atomic E-state index is -1.06. The van der Waals surface area contributed by atoms with E-state index in [9.17, 15) is 19.3 Å². The van der Waals surface area contributed by atoms with Gasteiger partial charge in [0, 0.05) is 18.3 Å². The van der Waals surface area contributed by atoms with E-state index in [0.29, 0.717) is 30.0 Å². The number of aliphatic carboxylic acids is 1. The molecule has 1 atom stereocenters. The van der Waals surface area contributed by atoms with Crippen LogP contribution in [0.4, 0.5) is 15.9 Å². The number of nitro groups is 1. The van der Waals surface area contributed by atoms with Gasteiger partial charge in [0.05, 0.1) is 17.2 Å². The first-order chi connectivity index (χ1) is 14.4. The lowest BCUT2D eigenvalue weighted by atomic mass is 10.0. The number of carbonyl (C=O) groups is 1. The third-order valence-electron chi connectivity index (χ3n) is 4.77. The number of pyridine rings is 1. The van der Waals surface area contributed by atoms with Crippen molar-refractivity contribution >= 4 is 23.1 Å². The van der Waals surface area contributed by atoms with Crippen LogP contribution in [-0.4, -0.2) is 42.1 Å². The summed E-state index contributed by atoms with van der Waals surface area (Å²) in [4.78, 5) is 31.8. The Bertz CT molecular complexity index is 1210. The molecule has 1 saturated heterocycles. The van der Waals surface area contributed by atoms with Crippen molar-refractivity contribution in [2.45, 2.75) is 25.3 Å². The van der Waals surface area contributed by atoms with E-state index in [4.69, 9.17) is 5.11 Å². The van der Waals surface area contributed by atoms with Crippen LogP contribution in [0.3, 0.4) is 0 Å². The molecule has 11 heteroatoms. The smallest absolute Gasteiger partial charge is 0.333 e. The molecule has 1 unspecified atom stereocenters. The highest BCUT2D eigenvalue weighted by molar-refractivity contribution is 5.70. The van der Waals surface area contributed by atoms with E-state index in [-0.39, 0.29) is 23.8 Å². The largest absolute Gasteiger partial charge is 0.481 e. The molecule has 0 aliphatic carbocycles. The van der Waals surface area contributed by atoms with Crippen molar-refractivity contribution in [3.05, 3.63) is 57.9 Å². The van der Waals surface area contributed by atoms with Crippen LogP contribution in [0.25, 0.3) is 5.65 Å². The highest BCUT2D eigenvalue weighted by atomic mass is 19.1. The molecule has 3 aromatic heterocycles. The summed E-state index contributed by atoms with van der Waals surface area (Å²) in [5.41, 5.74) is 0.725. The summed E-state index contributed by atoms with van der Waals surface area (Å²) < 4.78 is 15.3. The summed E-state index contributed by atoms with van der Waals surface area (Å²) in [5.74, 6) is 4.13. The van der Waals surface area contributed by atoms with Crippen LogP contribution in [0.2, 0.25) is 0 Å². The number of carboxylic acid groups (broad SMARTS) is 1. The third kappa shape index (κ3) is 3.62. The number of rotatable bonds is 4. The fraction of sp³-hybridized carbons (Fsp3) is 0.263. The minimum Gasteiger partial charge on any atom is -0.481 e. The lowest BCUT2D eigenvalue weighted by Crippen LogP contribution is -2.25. The molecule has 0 amide bonds. The Hall–Kier alpha value is -4.07. The van der Waals surface area contributed by atoms with E-state index in [1.165, 1.54) is 10.6 Å². The van der Waals surface area contributed by atoms with Gasteiger partial charge < -0.3 is 10.0 Å². The van der Waals surface area contributed by atoms with Crippen molar-refractivity contribution in [3.63, 3.8) is 0 Å². The molecular formula is C19H15FN6O4. The van der Waals surface area contributed by atoms with Crippen molar-refractivity contribution in [1.82, 2.24) is 19.6 Å². The number of nitrogens with zero attached hydrogens (tertiary/aromatic N) is 6. The molecule has 0 bridgehead atoms. The van der Waals surface area contributed by atoms with Gasteiger partial charge in [-0.15, -0.1) is 0 Å². The zero-order valence-corrected chi connectivity index (χ0v) is 15.5. The van der Waals surface area contributed by atoms with Crippen molar-refractivity contribution in [3.8, 4) is 11.8 Å². The molecule has 0 radical (unpaired) electrons. The average Bonchev–Trinajstić information content (AvgIpc) is 3.35. The van der Waals surface area contributed by atoms with E-state index >= 15 is 0 Å². The Kier molecular flexibility index (Phi) is 4.97. The summed E-state index contributed by atoms with van der Waals surface area (Å²) in [6.45, 7) is 0.605. The highest BCUT2D eigenvalue weighted by Gasteiger charge is 2.30. The number of halogens is 1. The van der Waals surface area contributed by atoms with Gasteiger partial charge in [-0.05, 0) is 30.9 Å². The van der Waals surface area contributed by atoms with Crippen molar-refractivity contribution < 1.29 is 19.2 Å². The maximum atomic E-state index is 14.0. The van der Waals surface area contributed by atoms with Crippen LogP contribution in [-0.2, 0) is 4.79 Å². The number of carboxylic acids is 1. The monoisotopic (exact) mass is 410 g/mol. The summed E-state index contributed by atoms with van der Waals surface area (Å²) in [6, 6.07) is 2.71. The van der Waals surface area contributed by atoms with E-state index in [1.54, 1.807) is 12.3 Å². The summed E-state index contributed by atoms with van der Waals surface area (Å²) in [7, 11) is 0. The number of fused-ring (bicyclic) bond motifs is 1. The lowest BCUT2D eigenvalue weighted by molar-refractivity contribution is -0.383. The summed E-state index contributed by atoms with van der Waals surface area (Å²) >= 11 is 0. The SMILES string of the molecule is O=C(O)CC#Cc1ncc(F)cc1C1CCCN1c1ccn2ncc([N+](=O)[O-])c2n1. The molecule has 1 aliphatic rings. The molecule has 152 valence electrons. The first-order valence-electron chi connectivity index (χ1n) is 9.05. The predicted molar refractivity (Wildman–Crippen MR) is 102 cm³/mol. The van der Waals surface area contributed by atoms with Crippen LogP contribution in [0, 0.1) is 27.8 Å². The molecule has 1 aliphatic heterocycles. The van der Waals surface area contributed by atoms with Crippen molar-refractivity contribution in [2.24, 2.45) is 0 Å². The second-order valence-corrected chi connectivity index (χ2v) is 6.66. The van der Waals surface area contributed by atoms with Gasteiger partial charge in [-0.1, -0.05) is 5.92 Å². The van der Waals surface area contributed by atoms with Crippen LogP contribution >= 0.6 is 0 Å². The zero-order valence-electron chi connectivity index (χ0n) is 15.5. The van der Waals surface area contributed by atoms with E-state index in [1.807, 2.05) is 4.90 Å². The van der Waals surface area contributed by atoms with Gasteiger partial charge in [-0.25, -0.2) is 18.9 Å². The minimum absolute atomic E-state index is 0.113. The predicted octanol–water partition coefficient (Wildman–Crippen LogP) is 2.34. The van der Waals surface area contributed by atoms with Crippen LogP contribution in [0.5, 0.6) is 0 Å². The fourth-order valence-electron chi connectivity index (χ4n) is 3.52. The zero-order chi connectivity index (χ0) is 21.3. The number of anilines is 1. The van der Waals surface area contributed by atoms with Gasteiger partial charge in [0.1, 0.15) is 29.9 Å². The maximum Gasteiger partial charge on any atom is 0.333 e. The van der Waals surface area contributed by atoms with E-state index < -0.39 is 16.7 Å². The van der Waals surface area contributed by atoms with Gasteiger partial charge in [-0.3, -0.25) is 14.9 Å². The maximum absolute atomic E-state index is 14.0. The second kappa shape index (κ2) is 7.75. The van der Waals surface area contributed by atoms with Crippen LogP contribution < -0.4 is 4.90 Å². The molecule has 1 fully saturated rings. The van der Waals surface area contributed by atoms with Gasteiger partial charge in [0.25, 0.3) is 0 Å². The highest BCUT2D eigenvalue weighted by Crippen LogP contribution is 2.37. The van der Waals surface area contributed by atoms with E-state index in [2.05, 4.69) is 26.9 Å². The molecule has 3 aromatic rings. The van der Waals surface area contributed by atoms with Gasteiger partial charge in [0.15, 0.2) is 0 Å². The normalized spacial score (nSPS) is 15.8. The first-order valence-corrected chi connectivity index (χ1v) is 9.05. The molecule has 4 rings (SSSR count). The van der Waals surface area contributed by atoms with Gasteiger partial charge in [0.2, 0.25) is 5.65 Å². The fourth-order valence-corrected chi connectivity index (χ4v) is 3.52. The summed E-state index contributed by atoms with van der Waals surface area (Å²) in [6.07, 6.45) is 4.87. The molecule has 0 aromatic carbocycles. The molecule has 1 N–H and O–H groups in total. The topological polar surface area (TPSA) is 127 Å². The van der Waals surface area contributed by atoms with Crippen molar-refractivity contribution in [2.75, 3.05) is 11.4 Å². The summed E-state index contributed by atoms with van der Waals surface area (Å²) in [5, 5.41) is 23.9. The Morgan fingerprint density at radius 1 is 1.43 bits per heavy atom. The third-order valence-corrected chi connectivity index (χ3v) is 4.77. The Morgan fingerprint density at radius 2 is 2.27 bits per heavy atom. The Labute approximate surface area is 169 Å². The molecular weight excluding hydrogens is 395 g/mol.